The lowest BCUT2D eigenvalue weighted by molar-refractivity contribution is 0.0584. The quantitative estimate of drug-likeness (QED) is 0.649. The first-order valence-electron chi connectivity index (χ1n) is 10.7. The van der Waals surface area contributed by atoms with Crippen LogP contribution in [-0.4, -0.2) is 59.0 Å². The van der Waals surface area contributed by atoms with Crippen molar-refractivity contribution in [1.82, 2.24) is 14.9 Å². The Morgan fingerprint density at radius 3 is 2.50 bits per heavy atom. The van der Waals surface area contributed by atoms with Crippen molar-refractivity contribution < 1.29 is 32.6 Å². The standard InChI is InChI=1S/C22H23F3N4O5/c1-3-27-17-5-4-12(10-34-2)29(17)28-9-14(19(30)20(31)18(28)22(27)33)21(32)26-8-13-15(24)6-11(23)7-16(13)25/h6-7,9,12,17,31H,3-5,8,10H2,1-2H3,(H,26,32)/t12-,17-/m0/s1. The summed E-state index contributed by atoms with van der Waals surface area (Å²) >= 11 is 0. The van der Waals surface area contributed by atoms with Crippen molar-refractivity contribution >= 4 is 11.8 Å². The SMILES string of the molecule is CCN1C(=O)c2c(O)c(=O)c(C(=O)NCc3c(F)cc(F)cc3F)cn2N2[C@H](COC)CC[C@@H]12. The molecule has 2 aromatic rings. The van der Waals surface area contributed by atoms with Gasteiger partial charge in [-0.3, -0.25) is 24.1 Å². The summed E-state index contributed by atoms with van der Waals surface area (Å²) in [4.78, 5) is 40.1. The lowest BCUT2D eigenvalue weighted by Gasteiger charge is -2.44. The van der Waals surface area contributed by atoms with E-state index in [1.807, 2.05) is 0 Å². The van der Waals surface area contributed by atoms with Gasteiger partial charge in [0, 0.05) is 44.1 Å². The summed E-state index contributed by atoms with van der Waals surface area (Å²) in [5.74, 6) is -6.00. The minimum atomic E-state index is -1.20. The number of nitrogens with zero attached hydrogens (tertiary/aromatic N) is 3. The Hall–Kier alpha value is -3.54. The molecule has 2 atom stereocenters. The molecule has 9 nitrogen and oxygen atoms in total. The Bertz CT molecular complexity index is 1190. The third-order valence-electron chi connectivity index (χ3n) is 6.15. The number of nitrogens with one attached hydrogen (secondary N) is 1. The Morgan fingerprint density at radius 1 is 1.21 bits per heavy atom. The van der Waals surface area contributed by atoms with Crippen molar-refractivity contribution in [3.63, 3.8) is 0 Å². The van der Waals surface area contributed by atoms with Gasteiger partial charge in [0.2, 0.25) is 5.43 Å². The maximum Gasteiger partial charge on any atom is 0.278 e. The molecule has 2 N–H and O–H groups in total. The molecule has 2 amide bonds. The van der Waals surface area contributed by atoms with E-state index in [2.05, 4.69) is 5.32 Å². The molecule has 0 unspecified atom stereocenters. The number of amides is 2. The summed E-state index contributed by atoms with van der Waals surface area (Å²) in [6, 6.07) is 0.744. The highest BCUT2D eigenvalue weighted by atomic mass is 19.1. The number of aromatic nitrogens is 1. The number of halogens is 3. The molecule has 34 heavy (non-hydrogen) atoms. The lowest BCUT2D eigenvalue weighted by atomic mass is 10.1. The monoisotopic (exact) mass is 480 g/mol. The molecular weight excluding hydrogens is 457 g/mol. The number of aromatic hydroxyl groups is 1. The number of carbonyl (C=O) groups excluding carboxylic acids is 2. The lowest BCUT2D eigenvalue weighted by Crippen LogP contribution is -2.61. The zero-order chi connectivity index (χ0) is 24.7. The van der Waals surface area contributed by atoms with Gasteiger partial charge in [0.1, 0.15) is 29.2 Å². The fraction of sp³-hybridized carbons (Fsp3) is 0.409. The van der Waals surface area contributed by atoms with E-state index >= 15 is 0 Å². The molecule has 1 aromatic carbocycles. The van der Waals surface area contributed by atoms with Crippen molar-refractivity contribution in [3.05, 3.63) is 62.8 Å². The summed E-state index contributed by atoms with van der Waals surface area (Å²) in [6.45, 7) is 1.75. The van der Waals surface area contributed by atoms with E-state index in [1.165, 1.54) is 16.7 Å². The van der Waals surface area contributed by atoms with Crippen molar-refractivity contribution in [1.29, 1.82) is 0 Å². The number of carbonyl (C=O) groups is 2. The number of rotatable bonds is 6. The van der Waals surface area contributed by atoms with Crippen LogP contribution in [0.1, 0.15) is 46.2 Å². The minimum absolute atomic E-state index is 0.198. The van der Waals surface area contributed by atoms with E-state index in [0.29, 0.717) is 38.1 Å². The van der Waals surface area contributed by atoms with Crippen LogP contribution >= 0.6 is 0 Å². The van der Waals surface area contributed by atoms with Crippen LogP contribution in [-0.2, 0) is 11.3 Å². The number of fused-ring (bicyclic) bond motifs is 3. The largest absolute Gasteiger partial charge is 0.502 e. The molecule has 2 aliphatic rings. The fourth-order valence-corrected chi connectivity index (χ4v) is 4.58. The van der Waals surface area contributed by atoms with E-state index < -0.39 is 58.1 Å². The van der Waals surface area contributed by atoms with Crippen LogP contribution in [0.15, 0.2) is 23.1 Å². The van der Waals surface area contributed by atoms with Crippen LogP contribution in [0, 0.1) is 17.5 Å². The normalized spacial score (nSPS) is 19.3. The van der Waals surface area contributed by atoms with Crippen molar-refractivity contribution in [3.8, 4) is 5.75 Å². The summed E-state index contributed by atoms with van der Waals surface area (Å²) in [5.41, 5.74) is -2.50. The number of benzene rings is 1. The number of hydrogen-bond donors (Lipinski definition) is 2. The second-order valence-electron chi connectivity index (χ2n) is 8.08. The van der Waals surface area contributed by atoms with Gasteiger partial charge in [-0.05, 0) is 19.8 Å². The molecule has 12 heteroatoms. The Balaban J connectivity index is 1.73. The Morgan fingerprint density at radius 2 is 1.88 bits per heavy atom. The molecule has 1 saturated heterocycles. The van der Waals surface area contributed by atoms with Gasteiger partial charge in [-0.2, -0.15) is 0 Å². The van der Waals surface area contributed by atoms with Crippen LogP contribution in [0.3, 0.4) is 0 Å². The van der Waals surface area contributed by atoms with Crippen LogP contribution in [0.5, 0.6) is 5.75 Å². The van der Waals surface area contributed by atoms with E-state index in [0.717, 1.165) is 6.20 Å². The molecule has 182 valence electrons. The maximum atomic E-state index is 13.9. The Kier molecular flexibility index (Phi) is 6.26. The number of ether oxygens (including phenoxy) is 1. The molecule has 0 aliphatic carbocycles. The summed E-state index contributed by atoms with van der Waals surface area (Å²) in [7, 11) is 1.52. The van der Waals surface area contributed by atoms with Gasteiger partial charge in [-0.25, -0.2) is 13.2 Å². The average Bonchev–Trinajstić information content (AvgIpc) is 3.19. The summed E-state index contributed by atoms with van der Waals surface area (Å²) in [6.07, 6.45) is 2.05. The molecule has 3 heterocycles. The molecule has 0 bridgehead atoms. The highest BCUT2D eigenvalue weighted by molar-refractivity contribution is 5.99. The first-order valence-corrected chi connectivity index (χ1v) is 10.7. The molecule has 0 spiro atoms. The average molecular weight is 480 g/mol. The van der Waals surface area contributed by atoms with Gasteiger partial charge in [-0.1, -0.05) is 0 Å². The third kappa shape index (κ3) is 3.77. The zero-order valence-electron chi connectivity index (χ0n) is 18.5. The smallest absolute Gasteiger partial charge is 0.278 e. The Labute approximate surface area is 192 Å². The van der Waals surface area contributed by atoms with Crippen LogP contribution in [0.25, 0.3) is 0 Å². The van der Waals surface area contributed by atoms with Crippen molar-refractivity contribution in [2.45, 2.75) is 38.5 Å². The second kappa shape index (κ2) is 9.01. The van der Waals surface area contributed by atoms with Gasteiger partial charge >= 0.3 is 0 Å². The van der Waals surface area contributed by atoms with Crippen LogP contribution in [0.2, 0.25) is 0 Å². The van der Waals surface area contributed by atoms with E-state index in [1.54, 1.807) is 11.9 Å². The molecule has 4 rings (SSSR count). The molecule has 0 saturated carbocycles. The van der Waals surface area contributed by atoms with Gasteiger partial charge in [0.25, 0.3) is 11.8 Å². The van der Waals surface area contributed by atoms with Crippen LogP contribution in [0.4, 0.5) is 13.2 Å². The molecule has 0 radical (unpaired) electrons. The second-order valence-corrected chi connectivity index (χ2v) is 8.08. The highest BCUT2D eigenvalue weighted by Crippen LogP contribution is 2.33. The van der Waals surface area contributed by atoms with E-state index in [9.17, 15) is 32.7 Å². The third-order valence-corrected chi connectivity index (χ3v) is 6.15. The summed E-state index contributed by atoms with van der Waals surface area (Å²) in [5, 5.41) is 14.6. The predicted octanol–water partition coefficient (Wildman–Crippen LogP) is 1.45. The van der Waals surface area contributed by atoms with Gasteiger partial charge in [0.15, 0.2) is 11.4 Å². The minimum Gasteiger partial charge on any atom is -0.502 e. The van der Waals surface area contributed by atoms with Gasteiger partial charge in [-0.15, -0.1) is 0 Å². The van der Waals surface area contributed by atoms with Gasteiger partial charge < -0.3 is 20.1 Å². The molecule has 1 aromatic heterocycles. The van der Waals surface area contributed by atoms with E-state index in [4.69, 9.17) is 4.74 Å². The predicted molar refractivity (Wildman–Crippen MR) is 113 cm³/mol. The van der Waals surface area contributed by atoms with Gasteiger partial charge in [0.05, 0.1) is 12.6 Å². The van der Waals surface area contributed by atoms with E-state index in [-0.39, 0.29) is 17.9 Å². The number of pyridine rings is 1. The van der Waals surface area contributed by atoms with Crippen LogP contribution < -0.4 is 15.8 Å². The topological polar surface area (TPSA) is 104 Å². The number of methoxy groups -OCH3 is 1. The molecule has 2 aliphatic heterocycles. The number of hydrogen-bond acceptors (Lipinski definition) is 6. The first kappa shape index (κ1) is 23.6. The fourth-order valence-electron chi connectivity index (χ4n) is 4.58. The maximum absolute atomic E-state index is 13.9. The van der Waals surface area contributed by atoms with Crippen molar-refractivity contribution in [2.75, 3.05) is 25.3 Å². The zero-order valence-corrected chi connectivity index (χ0v) is 18.5. The first-order chi connectivity index (χ1) is 16.2. The summed E-state index contributed by atoms with van der Waals surface area (Å²) < 4.78 is 47.5. The molecular formula is C22H23F3N4O5. The van der Waals surface area contributed by atoms with Crippen molar-refractivity contribution in [2.24, 2.45) is 0 Å². The highest BCUT2D eigenvalue weighted by Gasteiger charge is 2.46. The molecule has 1 fully saturated rings.